The van der Waals surface area contributed by atoms with Crippen LogP contribution in [0.3, 0.4) is 0 Å². The van der Waals surface area contributed by atoms with Gasteiger partial charge in [-0.05, 0) is 37.3 Å². The Morgan fingerprint density at radius 3 is 2.67 bits per heavy atom. The van der Waals surface area contributed by atoms with Gasteiger partial charge in [-0.15, -0.1) is 0 Å². The molecule has 2 rings (SSSR count). The van der Waals surface area contributed by atoms with Gasteiger partial charge in [-0.2, -0.15) is 0 Å². The molecule has 92 valence electrons. The summed E-state index contributed by atoms with van der Waals surface area (Å²) in [6.45, 7) is 2.07. The third-order valence-electron chi connectivity index (χ3n) is 2.45. The van der Waals surface area contributed by atoms with Gasteiger partial charge in [0.2, 0.25) is 0 Å². The minimum atomic E-state index is 0.0893. The predicted octanol–water partition coefficient (Wildman–Crippen LogP) is 4.19. The van der Waals surface area contributed by atoms with E-state index in [0.29, 0.717) is 0 Å². The molecule has 0 heterocycles. The third kappa shape index (κ3) is 3.15. The zero-order chi connectivity index (χ0) is 13.1. The van der Waals surface area contributed by atoms with Crippen LogP contribution in [-0.2, 0) is 0 Å². The van der Waals surface area contributed by atoms with Crippen LogP contribution in [0.2, 0.25) is 0 Å². The summed E-state index contributed by atoms with van der Waals surface area (Å²) in [5.74, 6) is 0.0893. The molecule has 3 N–H and O–H groups in total. The van der Waals surface area contributed by atoms with Gasteiger partial charge in [0.25, 0.3) is 0 Å². The lowest BCUT2D eigenvalue weighted by Crippen LogP contribution is -2.12. The van der Waals surface area contributed by atoms with Crippen molar-refractivity contribution in [3.8, 4) is 0 Å². The Hall–Kier alpha value is -1.26. The first-order valence-corrected chi connectivity index (χ1v) is 7.05. The Bertz CT molecular complexity index is 596. The molecule has 0 saturated carbocycles. The summed E-state index contributed by atoms with van der Waals surface area (Å²) >= 11 is 5.02. The van der Waals surface area contributed by atoms with Crippen molar-refractivity contribution in [3.05, 3.63) is 58.1 Å². The van der Waals surface area contributed by atoms with Crippen molar-refractivity contribution in [2.24, 2.45) is 5.73 Å². The van der Waals surface area contributed by atoms with Crippen molar-refractivity contribution in [3.63, 3.8) is 0 Å². The monoisotopic (exact) mass is 320 g/mol. The molecule has 0 aliphatic rings. The summed E-state index contributed by atoms with van der Waals surface area (Å²) in [6, 6.07) is 14.1. The molecule has 0 spiro atoms. The number of aryl methyl sites for hydroxylation is 1. The number of rotatable bonds is 3. The first-order chi connectivity index (χ1) is 8.56. The molecular formula is C14H13BrN2S. The van der Waals surface area contributed by atoms with Crippen LogP contribution in [-0.4, -0.2) is 5.84 Å². The first kappa shape index (κ1) is 13.2. The Balaban J connectivity index is 2.37. The SMILES string of the molecule is Cc1cccc(Sc2ccc(Br)cc2C(=N)N)c1. The Morgan fingerprint density at radius 2 is 2.00 bits per heavy atom. The normalized spacial score (nSPS) is 10.3. The van der Waals surface area contributed by atoms with Gasteiger partial charge >= 0.3 is 0 Å². The van der Waals surface area contributed by atoms with E-state index >= 15 is 0 Å². The number of nitrogens with two attached hydrogens (primary N) is 1. The average Bonchev–Trinajstić information content (AvgIpc) is 2.31. The Morgan fingerprint density at radius 1 is 1.22 bits per heavy atom. The summed E-state index contributed by atoms with van der Waals surface area (Å²) in [5.41, 5.74) is 7.60. The predicted molar refractivity (Wildman–Crippen MR) is 80.5 cm³/mol. The fraction of sp³-hybridized carbons (Fsp3) is 0.0714. The third-order valence-corrected chi connectivity index (χ3v) is 4.01. The molecule has 4 heteroatoms. The van der Waals surface area contributed by atoms with Gasteiger partial charge in [0.1, 0.15) is 5.84 Å². The lowest BCUT2D eigenvalue weighted by atomic mass is 10.2. The molecular weight excluding hydrogens is 308 g/mol. The molecule has 2 nitrogen and oxygen atoms in total. The van der Waals surface area contributed by atoms with Crippen molar-refractivity contribution in [2.75, 3.05) is 0 Å². The Kier molecular flexibility index (Phi) is 4.09. The molecule has 0 saturated heterocycles. The minimum Gasteiger partial charge on any atom is -0.384 e. The lowest BCUT2D eigenvalue weighted by molar-refractivity contribution is 1.31. The van der Waals surface area contributed by atoms with Crippen molar-refractivity contribution in [1.82, 2.24) is 0 Å². The number of hydrogen-bond donors (Lipinski definition) is 2. The fourth-order valence-corrected chi connectivity index (χ4v) is 3.03. The van der Waals surface area contributed by atoms with Gasteiger partial charge in [-0.1, -0.05) is 45.4 Å². The summed E-state index contributed by atoms with van der Waals surface area (Å²) in [4.78, 5) is 2.15. The number of halogens is 1. The highest BCUT2D eigenvalue weighted by Crippen LogP contribution is 2.32. The Labute approximate surface area is 119 Å². The van der Waals surface area contributed by atoms with Gasteiger partial charge in [0.05, 0.1) is 0 Å². The summed E-state index contributed by atoms with van der Waals surface area (Å²) < 4.78 is 0.932. The molecule has 0 aliphatic heterocycles. The number of nitrogens with one attached hydrogen (secondary N) is 1. The molecule has 0 unspecified atom stereocenters. The van der Waals surface area contributed by atoms with Crippen molar-refractivity contribution in [2.45, 2.75) is 16.7 Å². The number of hydrogen-bond acceptors (Lipinski definition) is 2. The van der Waals surface area contributed by atoms with E-state index < -0.39 is 0 Å². The van der Waals surface area contributed by atoms with E-state index in [1.807, 2.05) is 24.3 Å². The second-order valence-corrected chi connectivity index (χ2v) is 6.00. The highest BCUT2D eigenvalue weighted by Gasteiger charge is 2.08. The maximum atomic E-state index is 7.62. The number of amidine groups is 1. The molecule has 2 aromatic rings. The highest BCUT2D eigenvalue weighted by atomic mass is 79.9. The van der Waals surface area contributed by atoms with E-state index in [1.165, 1.54) is 5.56 Å². The maximum Gasteiger partial charge on any atom is 0.123 e. The first-order valence-electron chi connectivity index (χ1n) is 5.45. The molecule has 0 fully saturated rings. The zero-order valence-corrected chi connectivity index (χ0v) is 12.3. The van der Waals surface area contributed by atoms with Crippen LogP contribution >= 0.6 is 27.7 Å². The van der Waals surface area contributed by atoms with Crippen molar-refractivity contribution in [1.29, 1.82) is 5.41 Å². The topological polar surface area (TPSA) is 49.9 Å². The van der Waals surface area contributed by atoms with Gasteiger partial charge < -0.3 is 5.73 Å². The fourth-order valence-electron chi connectivity index (χ4n) is 1.61. The van der Waals surface area contributed by atoms with Crippen LogP contribution in [0.15, 0.2) is 56.7 Å². The van der Waals surface area contributed by atoms with E-state index in [1.54, 1.807) is 11.8 Å². The van der Waals surface area contributed by atoms with Crippen molar-refractivity contribution < 1.29 is 0 Å². The molecule has 0 aliphatic carbocycles. The molecule has 0 atom stereocenters. The average molecular weight is 321 g/mol. The number of benzene rings is 2. The molecule has 0 bridgehead atoms. The number of nitrogen functional groups attached to an aromatic ring is 1. The standard InChI is InChI=1S/C14H13BrN2S/c1-9-3-2-4-11(7-9)18-13-6-5-10(15)8-12(13)14(16)17/h2-8H,1H3,(H3,16,17). The minimum absolute atomic E-state index is 0.0893. The summed E-state index contributed by atoms with van der Waals surface area (Å²) in [5, 5.41) is 7.62. The molecule has 0 aromatic heterocycles. The second-order valence-electron chi connectivity index (χ2n) is 3.97. The largest absolute Gasteiger partial charge is 0.384 e. The quantitative estimate of drug-likeness (QED) is 0.658. The van der Waals surface area contributed by atoms with Gasteiger partial charge in [-0.3, -0.25) is 5.41 Å². The van der Waals surface area contributed by atoms with Crippen LogP contribution in [0.25, 0.3) is 0 Å². The highest BCUT2D eigenvalue weighted by molar-refractivity contribution is 9.10. The van der Waals surface area contributed by atoms with E-state index in [0.717, 1.165) is 19.8 Å². The van der Waals surface area contributed by atoms with E-state index in [4.69, 9.17) is 11.1 Å². The van der Waals surface area contributed by atoms with Gasteiger partial charge in [0, 0.05) is 19.8 Å². The van der Waals surface area contributed by atoms with E-state index in [2.05, 4.69) is 41.1 Å². The van der Waals surface area contributed by atoms with E-state index in [9.17, 15) is 0 Å². The second kappa shape index (κ2) is 5.59. The van der Waals surface area contributed by atoms with Gasteiger partial charge in [0.15, 0.2) is 0 Å². The molecule has 2 aromatic carbocycles. The maximum absolute atomic E-state index is 7.62. The van der Waals surface area contributed by atoms with Crippen LogP contribution in [0.4, 0.5) is 0 Å². The smallest absolute Gasteiger partial charge is 0.123 e. The van der Waals surface area contributed by atoms with Crippen LogP contribution in [0.5, 0.6) is 0 Å². The summed E-state index contributed by atoms with van der Waals surface area (Å²) in [7, 11) is 0. The van der Waals surface area contributed by atoms with Crippen molar-refractivity contribution >= 4 is 33.5 Å². The molecule has 0 amide bonds. The lowest BCUT2D eigenvalue weighted by Gasteiger charge is -2.09. The zero-order valence-electron chi connectivity index (χ0n) is 9.91. The van der Waals surface area contributed by atoms with Gasteiger partial charge in [-0.25, -0.2) is 0 Å². The van der Waals surface area contributed by atoms with Crippen LogP contribution in [0.1, 0.15) is 11.1 Å². The van der Waals surface area contributed by atoms with E-state index in [-0.39, 0.29) is 5.84 Å². The molecule has 0 radical (unpaired) electrons. The van der Waals surface area contributed by atoms with Crippen LogP contribution < -0.4 is 5.73 Å². The summed E-state index contributed by atoms with van der Waals surface area (Å²) in [6.07, 6.45) is 0. The molecule has 18 heavy (non-hydrogen) atoms. The van der Waals surface area contributed by atoms with Crippen LogP contribution in [0, 0.1) is 12.3 Å².